The van der Waals surface area contributed by atoms with E-state index in [1.807, 2.05) is 18.7 Å². The first kappa shape index (κ1) is 45.3. The van der Waals surface area contributed by atoms with Crippen LogP contribution in [0, 0.1) is 5.41 Å². The number of likely N-dealkylation sites (tertiary alicyclic amines) is 3. The van der Waals surface area contributed by atoms with Crippen molar-refractivity contribution in [3.05, 3.63) is 81.5 Å². The number of thiophene rings is 1. The number of piperidine rings is 3. The molecule has 17 heteroatoms. The van der Waals surface area contributed by atoms with E-state index in [0.29, 0.717) is 69.2 Å². The first-order valence-electron chi connectivity index (χ1n) is 23.9. The predicted molar refractivity (Wildman–Crippen MR) is 257 cm³/mol. The van der Waals surface area contributed by atoms with Gasteiger partial charge in [-0.2, -0.15) is 0 Å². The van der Waals surface area contributed by atoms with Crippen molar-refractivity contribution in [3.8, 4) is 22.9 Å². The molecule has 3 aromatic heterocycles. The van der Waals surface area contributed by atoms with E-state index in [1.165, 1.54) is 16.5 Å². The highest BCUT2D eigenvalue weighted by Crippen LogP contribution is 2.43. The van der Waals surface area contributed by atoms with E-state index in [0.717, 1.165) is 105 Å². The van der Waals surface area contributed by atoms with Crippen molar-refractivity contribution in [2.24, 2.45) is 5.41 Å². The lowest BCUT2D eigenvalue weighted by atomic mass is 9.71. The number of aromatic nitrogens is 4. The smallest absolute Gasteiger partial charge is 0.258 e. The number of amides is 2. The molecule has 5 aliphatic heterocycles. The largest absolute Gasteiger partial charge is 0.508 e. The number of hydrogen-bond acceptors (Lipinski definition) is 15. The predicted octanol–water partition coefficient (Wildman–Crippen LogP) is 5.88. The number of anilines is 2. The van der Waals surface area contributed by atoms with Gasteiger partial charge >= 0.3 is 0 Å². The Bertz CT molecular complexity index is 2630. The number of nitrogens with two attached hydrogens (primary N) is 1. The summed E-state index contributed by atoms with van der Waals surface area (Å²) in [5.74, 6) is 1.31. The highest BCUT2D eigenvalue weighted by Gasteiger charge is 2.41. The van der Waals surface area contributed by atoms with Gasteiger partial charge < -0.3 is 40.5 Å². The summed E-state index contributed by atoms with van der Waals surface area (Å²) in [6, 6.07) is 11.6. The summed E-state index contributed by atoms with van der Waals surface area (Å²) in [6.07, 6.45) is 8.81. The molecule has 2 amide bonds. The van der Waals surface area contributed by atoms with Gasteiger partial charge in [-0.15, -0.1) is 11.3 Å². The molecule has 354 valence electrons. The minimum atomic E-state index is -1.00. The summed E-state index contributed by atoms with van der Waals surface area (Å²) in [7, 11) is 0. The maximum atomic E-state index is 13.7. The first-order chi connectivity index (χ1) is 32.3. The fraction of sp³-hybridized carbons (Fsp3) is 0.520. The number of aromatic hydroxyl groups is 2. The molecular weight excluding hydrogens is 869 g/mol. The Hall–Kier alpha value is -5.46. The fourth-order valence-electron chi connectivity index (χ4n) is 10.8. The van der Waals surface area contributed by atoms with E-state index >= 15 is 0 Å². The lowest BCUT2D eigenvalue weighted by Crippen LogP contribution is -2.51. The molecule has 16 nitrogen and oxygen atoms in total. The number of phenols is 2. The second-order valence-electron chi connectivity index (χ2n) is 19.9. The summed E-state index contributed by atoms with van der Waals surface area (Å²) < 4.78 is 6.68. The van der Waals surface area contributed by atoms with Gasteiger partial charge in [0.05, 0.1) is 46.6 Å². The third-order valence-corrected chi connectivity index (χ3v) is 16.2. The molecule has 0 bridgehead atoms. The summed E-state index contributed by atoms with van der Waals surface area (Å²) in [6.45, 7) is 14.2. The molecule has 0 radical (unpaired) electrons. The first-order valence-corrected chi connectivity index (χ1v) is 24.7. The van der Waals surface area contributed by atoms with Crippen LogP contribution in [0.3, 0.4) is 0 Å². The fourth-order valence-corrected chi connectivity index (χ4v) is 11.9. The molecule has 2 aromatic carbocycles. The van der Waals surface area contributed by atoms with Crippen LogP contribution >= 0.6 is 11.3 Å². The molecule has 5 N–H and O–H groups in total. The Morgan fingerprint density at radius 3 is 2.18 bits per heavy atom. The number of carbonyl (C=O) groups excluding carboxylic acids is 2. The molecule has 0 unspecified atom stereocenters. The van der Waals surface area contributed by atoms with Crippen molar-refractivity contribution < 1.29 is 29.6 Å². The van der Waals surface area contributed by atoms with Crippen LogP contribution in [0.4, 0.5) is 11.8 Å². The molecule has 10 rings (SSSR count). The minimum absolute atomic E-state index is 0.00129. The van der Waals surface area contributed by atoms with Crippen LogP contribution in [0.25, 0.3) is 21.6 Å². The molecule has 1 spiro atoms. The molecular formula is C50H62N10O6S. The summed E-state index contributed by atoms with van der Waals surface area (Å²) in [5, 5.41) is 32.5. The number of nitrogen functional groups attached to an aromatic ring is 1. The second kappa shape index (κ2) is 18.6. The number of nitrogens with zero attached hydrogens (tertiary/aromatic N) is 9. The van der Waals surface area contributed by atoms with Gasteiger partial charge in [-0.3, -0.25) is 19.4 Å². The third kappa shape index (κ3) is 9.66. The number of phenolic OH excluding ortho intramolecular Hbond substituents is 2. The number of carbonyl (C=O) groups is 2. The van der Waals surface area contributed by atoms with Crippen LogP contribution in [0.5, 0.6) is 11.5 Å². The Morgan fingerprint density at radius 1 is 0.791 bits per heavy atom. The van der Waals surface area contributed by atoms with E-state index in [-0.39, 0.29) is 52.6 Å². The number of fused-ring (bicyclic) bond motifs is 2. The Kier molecular flexibility index (Phi) is 12.6. The van der Waals surface area contributed by atoms with Crippen LogP contribution in [0.2, 0.25) is 0 Å². The van der Waals surface area contributed by atoms with Gasteiger partial charge in [0.25, 0.3) is 5.91 Å². The van der Waals surface area contributed by atoms with Gasteiger partial charge in [-0.05, 0) is 97.3 Å². The zero-order valence-corrected chi connectivity index (χ0v) is 39.4. The quantitative estimate of drug-likeness (QED) is 0.130. The van der Waals surface area contributed by atoms with Crippen LogP contribution in [0.15, 0.2) is 48.8 Å². The lowest BCUT2D eigenvalue weighted by Gasteiger charge is -2.47. The molecule has 67 heavy (non-hydrogen) atoms. The minimum Gasteiger partial charge on any atom is -0.508 e. The van der Waals surface area contributed by atoms with Crippen LogP contribution in [-0.4, -0.2) is 138 Å². The average Bonchev–Trinajstić information content (AvgIpc) is 3.95. The normalized spacial score (nSPS) is 20.0. The Labute approximate surface area is 395 Å². The van der Waals surface area contributed by atoms with Gasteiger partial charge in [0.2, 0.25) is 11.9 Å². The molecule has 4 saturated heterocycles. The maximum absolute atomic E-state index is 13.7. The van der Waals surface area contributed by atoms with Crippen LogP contribution < -0.4 is 10.6 Å². The van der Waals surface area contributed by atoms with E-state index < -0.39 is 5.60 Å². The molecule has 0 saturated carbocycles. The monoisotopic (exact) mass is 930 g/mol. The van der Waals surface area contributed by atoms with Crippen molar-refractivity contribution in [1.29, 1.82) is 0 Å². The number of rotatable bonds is 10. The van der Waals surface area contributed by atoms with Gasteiger partial charge in [0, 0.05) is 88.8 Å². The van der Waals surface area contributed by atoms with E-state index in [1.54, 1.807) is 34.7 Å². The summed E-state index contributed by atoms with van der Waals surface area (Å²) in [5.41, 5.74) is 10.9. The van der Waals surface area contributed by atoms with Crippen molar-refractivity contribution in [2.45, 2.75) is 96.5 Å². The molecule has 5 aliphatic rings. The molecule has 8 heterocycles. The SMILES string of the molecule is CC(C)c1cc(C(=O)N2Cc3ccc(CN4CCC5(CC4)CCN(C(=O)CC4(O)CCN(Cc6cc7nc(-c8cnc(N)nc8)nc(N8CCOCC8)c7s6)CC4)CC5)cc3C2)c(O)cc1O. The summed E-state index contributed by atoms with van der Waals surface area (Å²) >= 11 is 1.71. The average molecular weight is 931 g/mol. The molecule has 4 fully saturated rings. The maximum Gasteiger partial charge on any atom is 0.258 e. The molecule has 5 aromatic rings. The highest BCUT2D eigenvalue weighted by atomic mass is 32.1. The standard InChI is InChI=1S/C50H62N10O6S/c1-32(2)38-23-39(42(62)24-41(38)61)47(64)60-29-34-4-3-33(21-35(34)30-60)28-56-11-5-49(6-12-56)7-15-58(16-8-49)43(63)25-50(65)9-13-57(14-10-50)31-37-22-40-44(67-37)46(59-17-19-66-20-18-59)55-45(54-40)36-26-52-48(51)53-27-36/h3-4,21-24,26-27,32,61-62,65H,5-20,25,28-31H2,1-2H3,(H2,51,52,53). The zero-order valence-electron chi connectivity index (χ0n) is 38.6. The molecule has 0 aliphatic carbocycles. The number of hydrogen-bond donors (Lipinski definition) is 4. The van der Waals surface area contributed by atoms with E-state index in [4.69, 9.17) is 20.4 Å². The molecule has 0 atom stereocenters. The van der Waals surface area contributed by atoms with E-state index in [9.17, 15) is 24.9 Å². The van der Waals surface area contributed by atoms with Crippen molar-refractivity contribution in [1.82, 2.24) is 39.5 Å². The van der Waals surface area contributed by atoms with Crippen molar-refractivity contribution in [3.63, 3.8) is 0 Å². The Balaban J connectivity index is 0.684. The third-order valence-electron chi connectivity index (χ3n) is 15.1. The number of benzene rings is 2. The number of ether oxygens (including phenoxy) is 1. The second-order valence-corrected chi connectivity index (χ2v) is 21.0. The van der Waals surface area contributed by atoms with E-state index in [2.05, 4.69) is 48.9 Å². The van der Waals surface area contributed by atoms with Gasteiger partial charge in [-0.1, -0.05) is 32.0 Å². The highest BCUT2D eigenvalue weighted by molar-refractivity contribution is 7.19. The van der Waals surface area contributed by atoms with Crippen molar-refractivity contribution in [2.75, 3.05) is 76.2 Å². The van der Waals surface area contributed by atoms with Gasteiger partial charge in [0.1, 0.15) is 11.5 Å². The summed E-state index contributed by atoms with van der Waals surface area (Å²) in [4.78, 5) is 57.6. The number of morpholine rings is 1. The lowest BCUT2D eigenvalue weighted by molar-refractivity contribution is -0.141. The zero-order chi connectivity index (χ0) is 46.5. The topological polar surface area (TPSA) is 198 Å². The van der Waals surface area contributed by atoms with Gasteiger partial charge in [0.15, 0.2) is 11.6 Å². The van der Waals surface area contributed by atoms with Crippen molar-refractivity contribution >= 4 is 45.1 Å². The number of aliphatic hydroxyl groups is 1. The Morgan fingerprint density at radius 2 is 1.46 bits per heavy atom. The van der Waals surface area contributed by atoms with Gasteiger partial charge in [-0.25, -0.2) is 19.9 Å². The van der Waals surface area contributed by atoms with Crippen LogP contribution in [-0.2, 0) is 35.7 Å². The van der Waals surface area contributed by atoms with Crippen LogP contribution in [0.1, 0.15) is 102 Å².